The van der Waals surface area contributed by atoms with Crippen LogP contribution in [0.3, 0.4) is 0 Å². The molecule has 4 saturated carbocycles. The normalized spacial score (nSPS) is 34.3. The van der Waals surface area contributed by atoms with Gasteiger partial charge >= 0.3 is 5.97 Å². The van der Waals surface area contributed by atoms with Crippen LogP contribution in [0.15, 0.2) is 30.3 Å². The third-order valence-electron chi connectivity index (χ3n) is 6.14. The second-order valence-corrected chi connectivity index (χ2v) is 7.79. The van der Waals surface area contributed by atoms with Crippen LogP contribution in [0.2, 0.25) is 0 Å². The highest BCUT2D eigenvalue weighted by atomic mass is 16.4. The van der Waals surface area contributed by atoms with E-state index in [1.165, 1.54) is 19.3 Å². The highest BCUT2D eigenvalue weighted by Gasteiger charge is 2.55. The highest BCUT2D eigenvalue weighted by molar-refractivity contribution is 5.96. The number of benzene rings is 1. The smallest absolute Gasteiger partial charge is 0.323 e. The standard InChI is InChI=1S/C19H23NO3/c21-17(22)12-20(18(23)16-4-2-1-3-5-16)19-9-13-6-14(10-19)8-15(7-13)11-19/h1-5,13-15H,6-12H2,(H,21,22). The molecule has 0 saturated heterocycles. The maximum Gasteiger partial charge on any atom is 0.323 e. The Morgan fingerprint density at radius 1 is 1.00 bits per heavy atom. The van der Waals surface area contributed by atoms with Crippen LogP contribution in [0.25, 0.3) is 0 Å². The molecule has 4 nitrogen and oxygen atoms in total. The zero-order chi connectivity index (χ0) is 16.0. The fourth-order valence-electron chi connectivity index (χ4n) is 5.72. The summed E-state index contributed by atoms with van der Waals surface area (Å²) < 4.78 is 0. The number of hydrogen-bond donors (Lipinski definition) is 1. The number of rotatable bonds is 4. The van der Waals surface area contributed by atoms with Gasteiger partial charge in [-0.15, -0.1) is 0 Å². The molecular weight excluding hydrogens is 290 g/mol. The van der Waals surface area contributed by atoms with Gasteiger partial charge < -0.3 is 10.0 Å². The molecular formula is C19H23NO3. The van der Waals surface area contributed by atoms with Crippen molar-refractivity contribution in [1.29, 1.82) is 0 Å². The van der Waals surface area contributed by atoms with Crippen molar-refractivity contribution in [3.63, 3.8) is 0 Å². The molecule has 0 radical (unpaired) electrons. The lowest BCUT2D eigenvalue weighted by atomic mass is 9.52. The summed E-state index contributed by atoms with van der Waals surface area (Å²) in [7, 11) is 0. The topological polar surface area (TPSA) is 57.6 Å². The summed E-state index contributed by atoms with van der Waals surface area (Å²) in [4.78, 5) is 26.2. The van der Waals surface area contributed by atoms with Crippen LogP contribution < -0.4 is 0 Å². The minimum absolute atomic E-state index is 0.116. The molecule has 0 atom stereocenters. The molecule has 1 aromatic carbocycles. The maximum atomic E-state index is 13.1. The van der Waals surface area contributed by atoms with Gasteiger partial charge in [-0.3, -0.25) is 9.59 Å². The largest absolute Gasteiger partial charge is 0.480 e. The van der Waals surface area contributed by atoms with Crippen molar-refractivity contribution in [3.8, 4) is 0 Å². The summed E-state index contributed by atoms with van der Waals surface area (Å²) in [6.07, 6.45) is 6.81. The quantitative estimate of drug-likeness (QED) is 0.929. The maximum absolute atomic E-state index is 13.1. The molecule has 0 unspecified atom stereocenters. The van der Waals surface area contributed by atoms with Gasteiger partial charge in [0.25, 0.3) is 5.91 Å². The van der Waals surface area contributed by atoms with E-state index in [1.54, 1.807) is 17.0 Å². The molecule has 1 amide bonds. The summed E-state index contributed by atoms with van der Waals surface area (Å²) in [6.45, 7) is -0.181. The Hall–Kier alpha value is -1.84. The van der Waals surface area contributed by atoms with Gasteiger partial charge in [0.1, 0.15) is 6.54 Å². The van der Waals surface area contributed by atoms with E-state index in [9.17, 15) is 14.7 Å². The van der Waals surface area contributed by atoms with E-state index >= 15 is 0 Å². The Bertz CT molecular complexity index is 589. The van der Waals surface area contributed by atoms with Crippen molar-refractivity contribution < 1.29 is 14.7 Å². The number of carboxylic acid groups (broad SMARTS) is 1. The minimum Gasteiger partial charge on any atom is -0.480 e. The Morgan fingerprint density at radius 3 is 2.00 bits per heavy atom. The molecule has 23 heavy (non-hydrogen) atoms. The predicted octanol–water partition coefficient (Wildman–Crippen LogP) is 3.18. The SMILES string of the molecule is O=C(O)CN(C(=O)c1ccccc1)C12CC3CC(CC(C3)C1)C2. The number of hydrogen-bond acceptors (Lipinski definition) is 2. The molecule has 4 fully saturated rings. The Labute approximate surface area is 136 Å². The van der Waals surface area contributed by atoms with E-state index in [0.717, 1.165) is 19.3 Å². The number of nitrogens with zero attached hydrogens (tertiary/aromatic N) is 1. The second kappa shape index (κ2) is 5.36. The molecule has 0 aliphatic heterocycles. The van der Waals surface area contributed by atoms with Crippen LogP contribution in [0.1, 0.15) is 48.9 Å². The van der Waals surface area contributed by atoms with Crippen molar-refractivity contribution in [2.45, 2.75) is 44.1 Å². The van der Waals surface area contributed by atoms with Crippen molar-refractivity contribution in [1.82, 2.24) is 4.90 Å². The van der Waals surface area contributed by atoms with Crippen LogP contribution >= 0.6 is 0 Å². The van der Waals surface area contributed by atoms with Crippen LogP contribution in [0, 0.1) is 17.8 Å². The highest BCUT2D eigenvalue weighted by Crippen LogP contribution is 2.57. The lowest BCUT2D eigenvalue weighted by Gasteiger charge is -2.60. The first kappa shape index (κ1) is 14.7. The summed E-state index contributed by atoms with van der Waals surface area (Å²) in [5.41, 5.74) is 0.379. The summed E-state index contributed by atoms with van der Waals surface area (Å²) >= 11 is 0. The minimum atomic E-state index is -0.912. The molecule has 1 aromatic rings. The average molecular weight is 313 g/mol. The zero-order valence-corrected chi connectivity index (χ0v) is 13.3. The van der Waals surface area contributed by atoms with Crippen molar-refractivity contribution in [2.24, 2.45) is 17.8 Å². The van der Waals surface area contributed by atoms with Gasteiger partial charge in [-0.05, 0) is 68.4 Å². The molecule has 5 rings (SSSR count). The van der Waals surface area contributed by atoms with Gasteiger partial charge in [-0.2, -0.15) is 0 Å². The zero-order valence-electron chi connectivity index (χ0n) is 13.3. The Morgan fingerprint density at radius 2 is 1.52 bits per heavy atom. The van der Waals surface area contributed by atoms with E-state index in [1.807, 2.05) is 18.2 Å². The van der Waals surface area contributed by atoms with Crippen LogP contribution in [0.4, 0.5) is 0 Å². The number of aliphatic carboxylic acids is 1. The summed E-state index contributed by atoms with van der Waals surface area (Å²) in [5.74, 6) is 1.02. The first-order valence-corrected chi connectivity index (χ1v) is 8.64. The number of carbonyl (C=O) groups excluding carboxylic acids is 1. The molecule has 4 heteroatoms. The molecule has 4 aliphatic carbocycles. The van der Waals surface area contributed by atoms with E-state index < -0.39 is 5.97 Å². The van der Waals surface area contributed by atoms with E-state index in [2.05, 4.69) is 0 Å². The molecule has 1 N–H and O–H groups in total. The van der Waals surface area contributed by atoms with Gasteiger partial charge in [0.05, 0.1) is 0 Å². The average Bonchev–Trinajstić information content (AvgIpc) is 2.51. The number of amides is 1. The number of carboxylic acids is 1. The monoisotopic (exact) mass is 313 g/mol. The third-order valence-corrected chi connectivity index (χ3v) is 6.14. The number of carbonyl (C=O) groups is 2. The lowest BCUT2D eigenvalue weighted by molar-refractivity contribution is -0.142. The van der Waals surface area contributed by atoms with Crippen molar-refractivity contribution in [3.05, 3.63) is 35.9 Å². The van der Waals surface area contributed by atoms with E-state index in [4.69, 9.17) is 0 Å². The third kappa shape index (κ3) is 2.54. The van der Waals surface area contributed by atoms with Gasteiger partial charge in [0, 0.05) is 11.1 Å². The fraction of sp³-hybridized carbons (Fsp3) is 0.579. The van der Waals surface area contributed by atoms with Crippen LogP contribution in [0.5, 0.6) is 0 Å². The van der Waals surface area contributed by atoms with Crippen LogP contribution in [-0.4, -0.2) is 34.0 Å². The second-order valence-electron chi connectivity index (χ2n) is 7.79. The summed E-state index contributed by atoms with van der Waals surface area (Å²) in [5, 5.41) is 9.39. The molecule has 0 heterocycles. The fourth-order valence-corrected chi connectivity index (χ4v) is 5.72. The van der Waals surface area contributed by atoms with E-state index in [-0.39, 0.29) is 18.0 Å². The first-order chi connectivity index (χ1) is 11.1. The van der Waals surface area contributed by atoms with Crippen LogP contribution in [-0.2, 0) is 4.79 Å². The van der Waals surface area contributed by atoms with Gasteiger partial charge in [0.2, 0.25) is 0 Å². The summed E-state index contributed by atoms with van der Waals surface area (Å²) in [6, 6.07) is 9.14. The molecule has 4 bridgehead atoms. The van der Waals surface area contributed by atoms with E-state index in [0.29, 0.717) is 23.3 Å². The Balaban J connectivity index is 1.68. The van der Waals surface area contributed by atoms with Crippen molar-refractivity contribution in [2.75, 3.05) is 6.54 Å². The van der Waals surface area contributed by atoms with Gasteiger partial charge in [0.15, 0.2) is 0 Å². The molecule has 122 valence electrons. The lowest BCUT2D eigenvalue weighted by Crippen LogP contribution is -2.62. The molecule has 0 aromatic heterocycles. The van der Waals surface area contributed by atoms with Crippen molar-refractivity contribution >= 4 is 11.9 Å². The molecule has 0 spiro atoms. The van der Waals surface area contributed by atoms with Gasteiger partial charge in [-0.1, -0.05) is 18.2 Å². The van der Waals surface area contributed by atoms with Gasteiger partial charge in [-0.25, -0.2) is 0 Å². The first-order valence-electron chi connectivity index (χ1n) is 8.64. The predicted molar refractivity (Wildman–Crippen MR) is 86.0 cm³/mol. The molecule has 4 aliphatic rings. The Kier molecular flexibility index (Phi) is 3.43.